The number of nitrogens with one attached hydrogen (secondary N) is 1. The van der Waals surface area contributed by atoms with Gasteiger partial charge in [0.25, 0.3) is 0 Å². The molecule has 2 aromatic rings. The van der Waals surface area contributed by atoms with E-state index in [9.17, 15) is 14.4 Å². The Morgan fingerprint density at radius 3 is 2.19 bits per heavy atom. The molecule has 1 amide bonds. The highest BCUT2D eigenvalue weighted by molar-refractivity contribution is 7.13. The molecule has 0 aliphatic rings. The van der Waals surface area contributed by atoms with Crippen LogP contribution in [0, 0.1) is 19.8 Å². The third kappa shape index (κ3) is 4.76. The van der Waals surface area contributed by atoms with Crippen molar-refractivity contribution in [3.05, 3.63) is 45.4 Å². The summed E-state index contributed by atoms with van der Waals surface area (Å²) >= 11 is 1.24. The van der Waals surface area contributed by atoms with Crippen LogP contribution in [0.3, 0.4) is 0 Å². The van der Waals surface area contributed by atoms with Crippen molar-refractivity contribution < 1.29 is 19.1 Å². The van der Waals surface area contributed by atoms with Crippen LogP contribution in [0.1, 0.15) is 51.5 Å². The number of hydrogen-bond acceptors (Lipinski definition) is 6. The molecule has 26 heavy (non-hydrogen) atoms. The van der Waals surface area contributed by atoms with E-state index in [1.54, 1.807) is 45.0 Å². The van der Waals surface area contributed by atoms with Gasteiger partial charge in [-0.05, 0) is 45.0 Å². The van der Waals surface area contributed by atoms with Gasteiger partial charge in [-0.3, -0.25) is 9.59 Å². The van der Waals surface area contributed by atoms with Crippen LogP contribution < -0.4 is 5.32 Å². The van der Waals surface area contributed by atoms with Gasteiger partial charge in [0.05, 0.1) is 10.7 Å². The van der Waals surface area contributed by atoms with Crippen LogP contribution in [0.15, 0.2) is 24.3 Å². The maximum Gasteiger partial charge on any atom is 0.350 e. The molecule has 0 saturated heterocycles. The van der Waals surface area contributed by atoms with Crippen LogP contribution in [0.5, 0.6) is 0 Å². The second-order valence-corrected chi connectivity index (χ2v) is 7.48. The molecule has 0 bridgehead atoms. The zero-order valence-electron chi connectivity index (χ0n) is 15.5. The summed E-state index contributed by atoms with van der Waals surface area (Å²) in [6.07, 6.45) is -0.916. The van der Waals surface area contributed by atoms with Gasteiger partial charge < -0.3 is 10.1 Å². The highest BCUT2D eigenvalue weighted by Gasteiger charge is 2.23. The molecule has 0 aliphatic carbocycles. The Bertz CT molecular complexity index is 825. The Hall–Kier alpha value is -2.54. The van der Waals surface area contributed by atoms with E-state index < -0.39 is 12.1 Å². The number of Topliss-reactive ketones (excluding diaryl/α,β-unsaturated/α-hetero) is 1. The van der Waals surface area contributed by atoms with Crippen LogP contribution in [-0.4, -0.2) is 28.7 Å². The summed E-state index contributed by atoms with van der Waals surface area (Å²) in [5.74, 6) is -1.08. The summed E-state index contributed by atoms with van der Waals surface area (Å²) in [6, 6.07) is 6.51. The first-order chi connectivity index (χ1) is 12.2. The molecule has 1 heterocycles. The lowest BCUT2D eigenvalue weighted by molar-refractivity contribution is -0.118. The van der Waals surface area contributed by atoms with Crippen molar-refractivity contribution in [2.75, 3.05) is 5.32 Å². The predicted molar refractivity (Wildman–Crippen MR) is 101 cm³/mol. The molecule has 1 aromatic heterocycles. The molecule has 2 rings (SSSR count). The van der Waals surface area contributed by atoms with Crippen LogP contribution >= 0.6 is 11.3 Å². The van der Waals surface area contributed by atoms with Gasteiger partial charge in [-0.25, -0.2) is 9.78 Å². The number of esters is 1. The fraction of sp³-hybridized carbons (Fsp3) is 0.368. The number of amides is 1. The Kier molecular flexibility index (Phi) is 6.26. The Balaban J connectivity index is 2.02. The summed E-state index contributed by atoms with van der Waals surface area (Å²) in [5.41, 5.74) is 1.62. The van der Waals surface area contributed by atoms with Gasteiger partial charge in [-0.15, -0.1) is 11.3 Å². The monoisotopic (exact) mass is 374 g/mol. The quantitative estimate of drug-likeness (QED) is 0.614. The Morgan fingerprint density at radius 1 is 1.08 bits per heavy atom. The number of ketones is 1. The predicted octanol–water partition coefficient (Wildman–Crippen LogP) is 3.78. The minimum atomic E-state index is -0.916. The minimum Gasteiger partial charge on any atom is -0.450 e. The van der Waals surface area contributed by atoms with E-state index in [0.717, 1.165) is 5.01 Å². The lowest BCUT2D eigenvalue weighted by Crippen LogP contribution is -2.24. The van der Waals surface area contributed by atoms with Gasteiger partial charge in [-0.2, -0.15) is 0 Å². The molecule has 138 valence electrons. The van der Waals surface area contributed by atoms with Gasteiger partial charge >= 0.3 is 5.97 Å². The highest BCUT2D eigenvalue weighted by atomic mass is 32.1. The Morgan fingerprint density at radius 2 is 1.69 bits per heavy atom. The summed E-state index contributed by atoms with van der Waals surface area (Å²) in [4.78, 5) is 41.0. The van der Waals surface area contributed by atoms with E-state index in [4.69, 9.17) is 4.74 Å². The Labute approximate surface area is 156 Å². The van der Waals surface area contributed by atoms with Crippen LogP contribution in [0.25, 0.3) is 0 Å². The fourth-order valence-corrected chi connectivity index (χ4v) is 3.03. The SMILES string of the molecule is Cc1nc(C)c(C(=O)O[C@H](C)C(=O)c2ccc(NC(=O)C(C)C)cc2)s1. The summed E-state index contributed by atoms with van der Waals surface area (Å²) in [5, 5.41) is 3.53. The standard InChI is InChI=1S/C19H22N2O4S/c1-10(2)18(23)21-15-8-6-14(7-9-15)16(22)12(4)25-19(24)17-11(3)20-13(5)26-17/h6-10,12H,1-5H3,(H,21,23)/t12-/m1/s1. The number of hydrogen-bond donors (Lipinski definition) is 1. The first-order valence-corrected chi connectivity index (χ1v) is 9.10. The number of aryl methyl sites for hydroxylation is 2. The minimum absolute atomic E-state index is 0.0957. The van der Waals surface area contributed by atoms with Crippen LogP contribution in [0.4, 0.5) is 5.69 Å². The van der Waals surface area contributed by atoms with Gasteiger partial charge in [-0.1, -0.05) is 13.8 Å². The van der Waals surface area contributed by atoms with E-state index in [1.807, 2.05) is 6.92 Å². The third-order valence-corrected chi connectivity index (χ3v) is 4.76. The van der Waals surface area contributed by atoms with E-state index in [2.05, 4.69) is 10.3 Å². The first-order valence-electron chi connectivity index (χ1n) is 8.29. The number of anilines is 1. The molecular weight excluding hydrogens is 352 g/mol. The summed E-state index contributed by atoms with van der Waals surface area (Å²) in [7, 11) is 0. The number of aromatic nitrogens is 1. The number of carbonyl (C=O) groups excluding carboxylic acids is 3. The molecule has 6 nitrogen and oxygen atoms in total. The van der Waals surface area contributed by atoms with Crippen molar-refractivity contribution in [2.45, 2.75) is 40.7 Å². The van der Waals surface area contributed by atoms with Crippen molar-refractivity contribution in [1.82, 2.24) is 4.98 Å². The van der Waals surface area contributed by atoms with Crippen LogP contribution in [0.2, 0.25) is 0 Å². The lowest BCUT2D eigenvalue weighted by atomic mass is 10.1. The number of nitrogens with zero attached hydrogens (tertiary/aromatic N) is 1. The molecular formula is C19H22N2O4S. The zero-order chi connectivity index (χ0) is 19.4. The van der Waals surface area contributed by atoms with Gasteiger partial charge in [0.15, 0.2) is 6.10 Å². The summed E-state index contributed by atoms with van der Waals surface area (Å²) < 4.78 is 5.29. The van der Waals surface area contributed by atoms with Gasteiger partial charge in [0, 0.05) is 17.2 Å². The molecule has 0 saturated carbocycles. The van der Waals surface area contributed by atoms with E-state index in [-0.39, 0.29) is 17.6 Å². The maximum absolute atomic E-state index is 12.5. The van der Waals surface area contributed by atoms with Crippen molar-refractivity contribution in [3.8, 4) is 0 Å². The van der Waals surface area contributed by atoms with Crippen molar-refractivity contribution >= 4 is 34.7 Å². The number of carbonyl (C=O) groups is 3. The number of rotatable bonds is 6. The van der Waals surface area contributed by atoms with E-state index in [0.29, 0.717) is 21.8 Å². The summed E-state index contributed by atoms with van der Waals surface area (Å²) in [6.45, 7) is 8.68. The average Bonchev–Trinajstić information content (AvgIpc) is 2.93. The molecule has 7 heteroatoms. The molecule has 1 atom stereocenters. The molecule has 0 spiro atoms. The second kappa shape index (κ2) is 8.23. The van der Waals surface area contributed by atoms with Gasteiger partial charge in [0.1, 0.15) is 4.88 Å². The molecule has 1 N–H and O–H groups in total. The zero-order valence-corrected chi connectivity index (χ0v) is 16.3. The topological polar surface area (TPSA) is 85.4 Å². The molecule has 0 unspecified atom stereocenters. The normalized spacial score (nSPS) is 11.9. The van der Waals surface area contributed by atoms with Crippen molar-refractivity contribution in [3.63, 3.8) is 0 Å². The average molecular weight is 374 g/mol. The third-order valence-electron chi connectivity index (χ3n) is 3.70. The largest absolute Gasteiger partial charge is 0.450 e. The molecule has 0 aliphatic heterocycles. The number of ether oxygens (including phenoxy) is 1. The van der Waals surface area contributed by atoms with Crippen LogP contribution in [-0.2, 0) is 9.53 Å². The van der Waals surface area contributed by atoms with Crippen molar-refractivity contribution in [1.29, 1.82) is 0 Å². The molecule has 1 aromatic carbocycles. The molecule has 0 radical (unpaired) electrons. The van der Waals surface area contributed by atoms with Gasteiger partial charge in [0.2, 0.25) is 11.7 Å². The fourth-order valence-electron chi connectivity index (χ4n) is 2.23. The number of benzene rings is 1. The second-order valence-electron chi connectivity index (χ2n) is 6.28. The van der Waals surface area contributed by atoms with E-state index in [1.165, 1.54) is 18.3 Å². The lowest BCUT2D eigenvalue weighted by Gasteiger charge is -2.13. The van der Waals surface area contributed by atoms with E-state index >= 15 is 0 Å². The molecule has 0 fully saturated rings. The maximum atomic E-state index is 12.5. The first kappa shape index (κ1) is 19.8. The highest BCUT2D eigenvalue weighted by Crippen LogP contribution is 2.20. The smallest absolute Gasteiger partial charge is 0.350 e. The number of thiazole rings is 1. The van der Waals surface area contributed by atoms with Crippen molar-refractivity contribution in [2.24, 2.45) is 5.92 Å².